The van der Waals surface area contributed by atoms with Gasteiger partial charge in [-0.1, -0.05) is 67.8 Å². The summed E-state index contributed by atoms with van der Waals surface area (Å²) in [4.78, 5) is 42.4. The summed E-state index contributed by atoms with van der Waals surface area (Å²) >= 11 is 0. The van der Waals surface area contributed by atoms with Gasteiger partial charge >= 0.3 is 12.1 Å². The minimum atomic E-state index is -0.990. The van der Waals surface area contributed by atoms with Gasteiger partial charge in [-0.15, -0.1) is 0 Å². The molecule has 0 spiro atoms. The third-order valence-electron chi connectivity index (χ3n) is 10.4. The molecule has 6 N–H and O–H groups in total. The normalized spacial score (nSPS) is 19.4. The van der Waals surface area contributed by atoms with E-state index in [2.05, 4.69) is 20.5 Å². The van der Waals surface area contributed by atoms with Gasteiger partial charge in [0.2, 0.25) is 5.56 Å². The zero-order valence-electron chi connectivity index (χ0n) is 28.9. The van der Waals surface area contributed by atoms with Crippen LogP contribution in [0.2, 0.25) is 0 Å². The van der Waals surface area contributed by atoms with Gasteiger partial charge in [0, 0.05) is 24.5 Å². The first kappa shape index (κ1) is 36.1. The number of hydrogen-bond acceptors (Lipinski definition) is 8. The average molecular weight is 697 g/mol. The van der Waals surface area contributed by atoms with Gasteiger partial charge < -0.3 is 35.7 Å². The molecule has 3 aromatic carbocycles. The van der Waals surface area contributed by atoms with Crippen LogP contribution in [0.1, 0.15) is 89.7 Å². The number of rotatable bonds is 16. The number of nitrogens with one attached hydrogen (secondary N) is 3. The van der Waals surface area contributed by atoms with Gasteiger partial charge in [0.15, 0.2) is 0 Å². The number of piperidine rings is 3. The minimum absolute atomic E-state index is 0.0403. The van der Waals surface area contributed by atoms with Gasteiger partial charge in [0.1, 0.15) is 11.9 Å². The average Bonchev–Trinajstić information content (AvgIpc) is 3.14. The highest BCUT2D eigenvalue weighted by molar-refractivity contribution is 5.90. The summed E-state index contributed by atoms with van der Waals surface area (Å²) in [6.45, 7) is 3.91. The second-order valence-electron chi connectivity index (χ2n) is 13.8. The summed E-state index contributed by atoms with van der Waals surface area (Å²) in [5.74, 6) is -0.652. The zero-order chi connectivity index (χ0) is 35.7. The first-order valence-electron chi connectivity index (χ1n) is 18.1. The fraction of sp³-hybridized carbons (Fsp3) is 0.425. The molecule has 3 atom stereocenters. The largest absolute Gasteiger partial charge is 0.506 e. The number of fused-ring (bicyclic) bond motifs is 4. The van der Waals surface area contributed by atoms with Crippen LogP contribution in [0.25, 0.3) is 10.9 Å². The Morgan fingerprint density at radius 3 is 2.41 bits per heavy atom. The second-order valence-corrected chi connectivity index (χ2v) is 13.8. The number of aliphatic hydroxyl groups excluding tert-OH is 1. The molecule has 4 aromatic rings. The summed E-state index contributed by atoms with van der Waals surface area (Å²) in [5.41, 5.74) is 3.22. The Balaban J connectivity index is 1.02. The number of hydrogen-bond donors (Lipinski definition) is 6. The highest BCUT2D eigenvalue weighted by atomic mass is 16.6. The number of nitrogens with zero attached hydrogens (tertiary/aromatic N) is 1. The number of phenols is 1. The topological polar surface area (TPSA) is 164 Å². The Labute approximate surface area is 297 Å². The second kappa shape index (κ2) is 17.0. The molecule has 3 aliphatic heterocycles. The lowest BCUT2D eigenvalue weighted by molar-refractivity contribution is -0.0336. The summed E-state index contributed by atoms with van der Waals surface area (Å²) in [6, 6.07) is 20.5. The van der Waals surface area contributed by atoms with E-state index in [0.717, 1.165) is 87.8 Å². The Bertz CT molecular complexity index is 1860. The number of pyridine rings is 1. The smallest absolute Gasteiger partial charge is 0.408 e. The van der Waals surface area contributed by atoms with Gasteiger partial charge in [-0.25, -0.2) is 9.59 Å². The van der Waals surface area contributed by atoms with Gasteiger partial charge in [-0.3, -0.25) is 9.69 Å². The van der Waals surface area contributed by atoms with Crippen molar-refractivity contribution in [2.45, 2.75) is 69.6 Å². The van der Waals surface area contributed by atoms with Crippen LogP contribution in [0.15, 0.2) is 77.6 Å². The number of phenolic OH excluding ortho intramolecular Hbond substituents is 1. The Morgan fingerprint density at radius 2 is 1.67 bits per heavy atom. The molecule has 270 valence electrons. The molecule has 1 amide bonds. The number of aliphatic hydroxyl groups is 1. The molecule has 1 aromatic heterocycles. The van der Waals surface area contributed by atoms with Crippen LogP contribution in [0.3, 0.4) is 0 Å². The molecule has 7 rings (SSSR count). The Morgan fingerprint density at radius 1 is 0.902 bits per heavy atom. The lowest BCUT2D eigenvalue weighted by atomic mass is 9.86. The maximum absolute atomic E-state index is 13.4. The molecule has 0 radical (unpaired) electrons. The molecule has 11 heteroatoms. The van der Waals surface area contributed by atoms with E-state index in [1.54, 1.807) is 24.3 Å². The van der Waals surface area contributed by atoms with Crippen molar-refractivity contribution in [2.24, 2.45) is 5.92 Å². The Kier molecular flexibility index (Phi) is 12.0. The quantitative estimate of drug-likeness (QED) is 0.0812. The third kappa shape index (κ3) is 8.97. The molecule has 3 saturated heterocycles. The number of aromatic carboxylic acids is 1. The fourth-order valence-electron chi connectivity index (χ4n) is 7.65. The van der Waals surface area contributed by atoms with Crippen molar-refractivity contribution in [2.75, 3.05) is 32.7 Å². The summed E-state index contributed by atoms with van der Waals surface area (Å²) < 4.78 is 5.98. The molecule has 3 aliphatic rings. The number of aromatic amines is 1. The monoisotopic (exact) mass is 696 g/mol. The lowest BCUT2D eigenvalue weighted by Crippen LogP contribution is -2.52. The maximum atomic E-state index is 13.4. The number of H-pyrrole nitrogens is 1. The molecule has 3 fully saturated rings. The van der Waals surface area contributed by atoms with E-state index in [0.29, 0.717) is 35.3 Å². The van der Waals surface area contributed by atoms with Crippen LogP contribution in [-0.2, 0) is 11.2 Å². The fourth-order valence-corrected chi connectivity index (χ4v) is 7.65. The predicted octanol–water partition coefficient (Wildman–Crippen LogP) is 5.66. The van der Waals surface area contributed by atoms with Crippen LogP contribution >= 0.6 is 0 Å². The summed E-state index contributed by atoms with van der Waals surface area (Å²) in [6.07, 6.45) is 5.77. The number of amides is 1. The number of aromatic hydroxyl groups is 1. The van der Waals surface area contributed by atoms with Crippen molar-refractivity contribution in [3.63, 3.8) is 0 Å². The number of carboxylic acid groups (broad SMARTS) is 1. The molecular formula is C40H48N4O7. The predicted molar refractivity (Wildman–Crippen MR) is 195 cm³/mol. The van der Waals surface area contributed by atoms with E-state index >= 15 is 0 Å². The van der Waals surface area contributed by atoms with E-state index in [1.165, 1.54) is 12.1 Å². The first-order valence-corrected chi connectivity index (χ1v) is 18.1. The number of carbonyl (C=O) groups excluding carboxylic acids is 1. The van der Waals surface area contributed by atoms with E-state index in [-0.39, 0.29) is 23.0 Å². The molecular weight excluding hydrogens is 648 g/mol. The lowest BCUT2D eigenvalue weighted by Gasteiger charge is -2.44. The standard InChI is InChI=1S/C40H48N4O7/c45-33-17-15-29(31-16-18-36(47)42-38(31)33)34(46)24-41-21-8-3-1-2-7-12-28-30(13-9-14-32(28)39(48)49)37(27-10-5-4-6-11-27)43-40(50)51-35-25-44-22-19-26(35)20-23-44/h4-6,9-11,13-18,26,34-35,37,41,45-46H,1-3,7-8,12,19-25H2,(H,42,47)(H,43,50)(H,48,49). The van der Waals surface area contributed by atoms with E-state index in [4.69, 9.17) is 4.74 Å². The highest BCUT2D eigenvalue weighted by Gasteiger charge is 2.37. The van der Waals surface area contributed by atoms with Crippen LogP contribution in [0.5, 0.6) is 5.75 Å². The van der Waals surface area contributed by atoms with Crippen LogP contribution < -0.4 is 16.2 Å². The number of benzene rings is 3. The van der Waals surface area contributed by atoms with Crippen LogP contribution in [-0.4, -0.2) is 76.1 Å². The van der Waals surface area contributed by atoms with Crippen molar-refractivity contribution in [1.82, 2.24) is 20.5 Å². The number of aromatic nitrogens is 1. The van der Waals surface area contributed by atoms with Gasteiger partial charge in [-0.2, -0.15) is 0 Å². The third-order valence-corrected chi connectivity index (χ3v) is 10.4. The molecule has 0 saturated carbocycles. The van der Waals surface area contributed by atoms with Crippen molar-refractivity contribution in [3.05, 3.63) is 111 Å². The molecule has 3 unspecified atom stereocenters. The molecule has 11 nitrogen and oxygen atoms in total. The molecule has 2 bridgehead atoms. The van der Waals surface area contributed by atoms with E-state index in [1.807, 2.05) is 36.4 Å². The number of carbonyl (C=O) groups is 2. The van der Waals surface area contributed by atoms with Gasteiger partial charge in [0.25, 0.3) is 0 Å². The zero-order valence-corrected chi connectivity index (χ0v) is 28.9. The Hall–Kier alpha value is -4.71. The molecule has 51 heavy (non-hydrogen) atoms. The first-order chi connectivity index (χ1) is 24.8. The number of carboxylic acids is 1. The van der Waals surface area contributed by atoms with Gasteiger partial charge in [-0.05, 0) is 98.1 Å². The molecule has 0 aliphatic carbocycles. The van der Waals surface area contributed by atoms with Crippen LogP contribution in [0, 0.1) is 5.92 Å². The summed E-state index contributed by atoms with van der Waals surface area (Å²) in [5, 5.41) is 38.0. The molecule has 4 heterocycles. The van der Waals surface area contributed by atoms with Crippen molar-refractivity contribution in [3.8, 4) is 5.75 Å². The van der Waals surface area contributed by atoms with Gasteiger partial charge in [0.05, 0.1) is 23.2 Å². The van der Waals surface area contributed by atoms with Crippen molar-refractivity contribution < 1.29 is 29.6 Å². The van der Waals surface area contributed by atoms with Crippen molar-refractivity contribution in [1.29, 1.82) is 0 Å². The number of unbranched alkanes of at least 4 members (excludes halogenated alkanes) is 4. The number of ether oxygens (including phenoxy) is 1. The SMILES string of the molecule is O=C(NC(c1ccccc1)c1cccc(C(=O)O)c1CCCCCCCNCC(O)c1ccc(O)c2[nH]c(=O)ccc12)OC1CN2CCC1CC2. The van der Waals surface area contributed by atoms with Crippen molar-refractivity contribution >= 4 is 23.0 Å². The number of alkyl carbamates (subject to hydrolysis) is 1. The highest BCUT2D eigenvalue weighted by Crippen LogP contribution is 2.32. The minimum Gasteiger partial charge on any atom is -0.506 e. The maximum Gasteiger partial charge on any atom is 0.408 e. The van der Waals surface area contributed by atoms with E-state index < -0.39 is 24.2 Å². The summed E-state index contributed by atoms with van der Waals surface area (Å²) in [7, 11) is 0. The van der Waals surface area contributed by atoms with Crippen LogP contribution in [0.4, 0.5) is 4.79 Å². The van der Waals surface area contributed by atoms with E-state index in [9.17, 15) is 29.7 Å².